The number of likely N-dealkylation sites (tertiary alicyclic amines) is 1. The van der Waals surface area contributed by atoms with Crippen LogP contribution in [0.5, 0.6) is 0 Å². The zero-order chi connectivity index (χ0) is 14.9. The third-order valence-corrected chi connectivity index (χ3v) is 4.39. The molecule has 112 valence electrons. The fraction of sp³-hybridized carbons (Fsp3) is 0.400. The number of aromatic nitrogens is 4. The Labute approximate surface area is 128 Å². The average Bonchev–Trinajstić information content (AvgIpc) is 3.15. The van der Waals surface area contributed by atoms with Crippen molar-refractivity contribution in [2.75, 3.05) is 31.1 Å². The number of rotatable bonds is 2. The van der Waals surface area contributed by atoms with Crippen LogP contribution in [0.25, 0.3) is 0 Å². The number of hydrogen-bond acceptors (Lipinski definition) is 6. The highest BCUT2D eigenvalue weighted by atomic mass is 16.2. The first-order chi connectivity index (χ1) is 10.8. The Morgan fingerprint density at radius 2 is 1.68 bits per heavy atom. The van der Waals surface area contributed by atoms with Crippen LogP contribution in [0.4, 0.5) is 5.95 Å². The molecule has 2 atom stereocenters. The molecule has 4 rings (SSSR count). The summed E-state index contributed by atoms with van der Waals surface area (Å²) in [4.78, 5) is 33.2. The Kier molecular flexibility index (Phi) is 3.17. The lowest BCUT2D eigenvalue weighted by Gasteiger charge is -2.21. The van der Waals surface area contributed by atoms with E-state index in [0.29, 0.717) is 17.5 Å². The van der Waals surface area contributed by atoms with Gasteiger partial charge >= 0.3 is 0 Å². The quantitative estimate of drug-likeness (QED) is 0.802. The minimum Gasteiger partial charge on any atom is -0.340 e. The average molecular weight is 296 g/mol. The van der Waals surface area contributed by atoms with Crippen LogP contribution in [0, 0.1) is 11.8 Å². The molecule has 0 aliphatic carbocycles. The van der Waals surface area contributed by atoms with Crippen LogP contribution in [0.15, 0.2) is 37.1 Å². The molecule has 2 aliphatic heterocycles. The Morgan fingerprint density at radius 3 is 2.32 bits per heavy atom. The van der Waals surface area contributed by atoms with Crippen molar-refractivity contribution in [2.45, 2.75) is 0 Å². The summed E-state index contributed by atoms with van der Waals surface area (Å²) in [6.07, 6.45) is 8.19. The van der Waals surface area contributed by atoms with Gasteiger partial charge in [0.15, 0.2) is 0 Å². The third kappa shape index (κ3) is 2.28. The molecule has 0 spiro atoms. The van der Waals surface area contributed by atoms with Crippen molar-refractivity contribution in [2.24, 2.45) is 11.8 Å². The summed E-state index contributed by atoms with van der Waals surface area (Å²) < 4.78 is 0. The van der Waals surface area contributed by atoms with Gasteiger partial charge < -0.3 is 9.80 Å². The van der Waals surface area contributed by atoms with E-state index < -0.39 is 0 Å². The molecule has 2 aromatic rings. The molecule has 7 nitrogen and oxygen atoms in total. The summed E-state index contributed by atoms with van der Waals surface area (Å²) in [5, 5.41) is 0. The highest BCUT2D eigenvalue weighted by molar-refractivity contribution is 5.92. The number of carbonyl (C=O) groups excluding carboxylic acids is 1. The van der Waals surface area contributed by atoms with Gasteiger partial charge in [-0.15, -0.1) is 0 Å². The fourth-order valence-corrected chi connectivity index (χ4v) is 3.35. The summed E-state index contributed by atoms with van der Waals surface area (Å²) >= 11 is 0. The Hall–Kier alpha value is -2.57. The molecule has 1 amide bonds. The minimum absolute atomic E-state index is 0.0231. The second kappa shape index (κ2) is 5.32. The number of anilines is 1. The highest BCUT2D eigenvalue weighted by Crippen LogP contribution is 2.33. The second-order valence-electron chi connectivity index (χ2n) is 5.77. The molecule has 0 N–H and O–H groups in total. The molecular weight excluding hydrogens is 280 g/mol. The fourth-order valence-electron chi connectivity index (χ4n) is 3.35. The van der Waals surface area contributed by atoms with Crippen molar-refractivity contribution in [3.8, 4) is 0 Å². The molecule has 22 heavy (non-hydrogen) atoms. The van der Waals surface area contributed by atoms with E-state index in [0.717, 1.165) is 32.1 Å². The number of carbonyl (C=O) groups is 1. The zero-order valence-electron chi connectivity index (χ0n) is 12.0. The van der Waals surface area contributed by atoms with Crippen molar-refractivity contribution in [3.05, 3.63) is 42.7 Å². The van der Waals surface area contributed by atoms with Crippen molar-refractivity contribution >= 4 is 11.9 Å². The van der Waals surface area contributed by atoms with Crippen LogP contribution in [0.2, 0.25) is 0 Å². The number of hydrogen-bond donors (Lipinski definition) is 0. The highest BCUT2D eigenvalue weighted by Gasteiger charge is 2.42. The van der Waals surface area contributed by atoms with Crippen molar-refractivity contribution in [1.29, 1.82) is 0 Å². The van der Waals surface area contributed by atoms with Crippen LogP contribution < -0.4 is 4.90 Å². The maximum absolute atomic E-state index is 12.4. The van der Waals surface area contributed by atoms with Crippen LogP contribution in [0.3, 0.4) is 0 Å². The van der Waals surface area contributed by atoms with Crippen LogP contribution in [-0.4, -0.2) is 56.9 Å². The van der Waals surface area contributed by atoms with E-state index in [-0.39, 0.29) is 5.91 Å². The lowest BCUT2D eigenvalue weighted by molar-refractivity contribution is 0.0776. The van der Waals surface area contributed by atoms with Gasteiger partial charge in [-0.25, -0.2) is 15.0 Å². The summed E-state index contributed by atoms with van der Waals surface area (Å²) in [7, 11) is 0. The van der Waals surface area contributed by atoms with E-state index in [1.807, 2.05) is 11.0 Å². The minimum atomic E-state index is -0.0231. The summed E-state index contributed by atoms with van der Waals surface area (Å²) in [6.45, 7) is 3.34. The molecule has 2 saturated heterocycles. The Morgan fingerprint density at radius 1 is 0.955 bits per heavy atom. The predicted molar refractivity (Wildman–Crippen MR) is 79.2 cm³/mol. The number of amides is 1. The molecule has 4 heterocycles. The maximum Gasteiger partial charge on any atom is 0.274 e. The van der Waals surface area contributed by atoms with Gasteiger partial charge in [0.05, 0.1) is 6.20 Å². The SMILES string of the molecule is O=C(c1cnccn1)N1CC2CN(c3ncccn3)CC2C1. The number of nitrogens with zero attached hydrogens (tertiary/aromatic N) is 6. The summed E-state index contributed by atoms with van der Waals surface area (Å²) in [5.74, 6) is 1.71. The molecule has 0 bridgehead atoms. The maximum atomic E-state index is 12.4. The van der Waals surface area contributed by atoms with E-state index in [9.17, 15) is 4.79 Å². The first kappa shape index (κ1) is 13.1. The molecule has 2 aromatic heterocycles. The Bertz CT molecular complexity index is 650. The van der Waals surface area contributed by atoms with Gasteiger partial charge in [0.1, 0.15) is 5.69 Å². The largest absolute Gasteiger partial charge is 0.340 e. The molecular formula is C15H16N6O. The van der Waals surface area contributed by atoms with E-state index in [2.05, 4.69) is 24.8 Å². The first-order valence-electron chi connectivity index (χ1n) is 7.38. The molecule has 2 unspecified atom stereocenters. The van der Waals surface area contributed by atoms with E-state index >= 15 is 0 Å². The van der Waals surface area contributed by atoms with E-state index in [1.54, 1.807) is 24.8 Å². The lowest BCUT2D eigenvalue weighted by atomic mass is 10.0. The number of fused-ring (bicyclic) bond motifs is 1. The molecule has 2 aliphatic rings. The van der Waals surface area contributed by atoms with Gasteiger partial charge in [-0.05, 0) is 6.07 Å². The predicted octanol–water partition coefficient (Wildman–Crippen LogP) is 0.475. The first-order valence-corrected chi connectivity index (χ1v) is 7.38. The summed E-state index contributed by atoms with van der Waals surface area (Å²) in [5.41, 5.74) is 0.422. The molecule has 0 saturated carbocycles. The van der Waals surface area contributed by atoms with E-state index in [4.69, 9.17) is 0 Å². The monoisotopic (exact) mass is 296 g/mol. The molecule has 0 radical (unpaired) electrons. The summed E-state index contributed by atoms with van der Waals surface area (Å²) in [6, 6.07) is 1.82. The Balaban J connectivity index is 1.43. The van der Waals surface area contributed by atoms with Gasteiger partial charge in [0.25, 0.3) is 5.91 Å². The second-order valence-corrected chi connectivity index (χ2v) is 5.77. The van der Waals surface area contributed by atoms with Crippen molar-refractivity contribution < 1.29 is 4.79 Å². The molecule has 2 fully saturated rings. The van der Waals surface area contributed by atoms with Crippen LogP contribution >= 0.6 is 0 Å². The van der Waals surface area contributed by atoms with Gasteiger partial charge in [-0.1, -0.05) is 0 Å². The lowest BCUT2D eigenvalue weighted by Crippen LogP contribution is -2.34. The van der Waals surface area contributed by atoms with Crippen LogP contribution in [0.1, 0.15) is 10.5 Å². The van der Waals surface area contributed by atoms with Crippen LogP contribution in [-0.2, 0) is 0 Å². The van der Waals surface area contributed by atoms with Crippen molar-refractivity contribution in [1.82, 2.24) is 24.8 Å². The smallest absolute Gasteiger partial charge is 0.274 e. The van der Waals surface area contributed by atoms with Gasteiger partial charge in [-0.2, -0.15) is 0 Å². The molecule has 7 heteroatoms. The van der Waals surface area contributed by atoms with Gasteiger partial charge in [0, 0.05) is 62.8 Å². The van der Waals surface area contributed by atoms with Crippen molar-refractivity contribution in [3.63, 3.8) is 0 Å². The third-order valence-electron chi connectivity index (χ3n) is 4.39. The topological polar surface area (TPSA) is 75.1 Å². The normalized spacial score (nSPS) is 23.6. The molecule has 0 aromatic carbocycles. The van der Waals surface area contributed by atoms with E-state index in [1.165, 1.54) is 6.20 Å². The zero-order valence-corrected chi connectivity index (χ0v) is 12.0. The standard InChI is InChI=1S/C15H16N6O/c22-14(13-6-16-4-5-17-13)20-7-11-9-21(10-12(11)8-20)15-18-2-1-3-19-15/h1-6,11-12H,7-10H2. The van der Waals surface area contributed by atoms with Gasteiger partial charge in [0.2, 0.25) is 5.95 Å². The van der Waals surface area contributed by atoms with Gasteiger partial charge in [-0.3, -0.25) is 9.78 Å².